The zero-order valence-electron chi connectivity index (χ0n) is 6.71. The molecule has 1 aliphatic heterocycles. The fraction of sp³-hybridized carbons (Fsp3) is 0.750. The van der Waals surface area contributed by atoms with Crippen LogP contribution in [0.25, 0.3) is 0 Å². The van der Waals surface area contributed by atoms with Crippen LogP contribution in [0.4, 0.5) is 0 Å². The molecule has 1 fully saturated rings. The van der Waals surface area contributed by atoms with Gasteiger partial charge in [0.25, 0.3) is 0 Å². The first-order valence-electron chi connectivity index (χ1n) is 3.92. The van der Waals surface area contributed by atoms with Gasteiger partial charge in [0.1, 0.15) is 0 Å². The first-order chi connectivity index (χ1) is 4.86. The zero-order valence-corrected chi connectivity index (χ0v) is 6.71. The fourth-order valence-corrected chi connectivity index (χ4v) is 1.30. The summed E-state index contributed by atoms with van der Waals surface area (Å²) in [6, 6.07) is 0. The van der Waals surface area contributed by atoms with E-state index >= 15 is 0 Å². The lowest BCUT2D eigenvalue weighted by Gasteiger charge is -2.13. The quantitative estimate of drug-likeness (QED) is 0.534. The molecule has 2 nitrogen and oxygen atoms in total. The van der Waals surface area contributed by atoms with Gasteiger partial charge in [-0.25, -0.2) is 0 Å². The minimum absolute atomic E-state index is 1.04. The van der Waals surface area contributed by atoms with E-state index in [0.29, 0.717) is 0 Å². The Labute approximate surface area is 63.1 Å². The van der Waals surface area contributed by atoms with Crippen molar-refractivity contribution in [2.24, 2.45) is 0 Å². The lowest BCUT2D eigenvalue weighted by atomic mass is 10.5. The summed E-state index contributed by atoms with van der Waals surface area (Å²) in [6.07, 6.45) is 1.97. The Hall–Kier alpha value is -0.340. The molecular formula is C8H16N2. The Morgan fingerprint density at radius 1 is 1.40 bits per heavy atom. The molecule has 0 aromatic carbocycles. The van der Waals surface area contributed by atoms with Crippen LogP contribution < -0.4 is 0 Å². The standard InChI is InChI=1S/C8H16N2/c1-3-5-10-7-6-9(4-2)8-10/h3H,1,4-8H2,2H3. The molecule has 0 spiro atoms. The second kappa shape index (κ2) is 3.74. The Kier molecular flexibility index (Phi) is 2.90. The first-order valence-corrected chi connectivity index (χ1v) is 3.92. The minimum Gasteiger partial charge on any atom is -0.289 e. The van der Waals surface area contributed by atoms with E-state index in [0.717, 1.165) is 13.2 Å². The van der Waals surface area contributed by atoms with Crippen LogP contribution in [0.15, 0.2) is 12.7 Å². The number of likely N-dealkylation sites (N-methyl/N-ethyl adjacent to an activating group) is 1. The summed E-state index contributed by atoms with van der Waals surface area (Å²) < 4.78 is 0. The molecule has 0 N–H and O–H groups in total. The largest absolute Gasteiger partial charge is 0.289 e. The molecule has 1 rings (SSSR count). The van der Waals surface area contributed by atoms with Gasteiger partial charge in [-0.1, -0.05) is 13.0 Å². The van der Waals surface area contributed by atoms with Crippen molar-refractivity contribution < 1.29 is 0 Å². The van der Waals surface area contributed by atoms with Gasteiger partial charge in [-0.15, -0.1) is 6.58 Å². The Morgan fingerprint density at radius 2 is 2.10 bits per heavy atom. The highest BCUT2D eigenvalue weighted by atomic mass is 15.4. The van der Waals surface area contributed by atoms with Crippen LogP contribution >= 0.6 is 0 Å². The summed E-state index contributed by atoms with van der Waals surface area (Å²) in [4.78, 5) is 4.83. The molecule has 0 bridgehead atoms. The molecule has 0 radical (unpaired) electrons. The van der Waals surface area contributed by atoms with Crippen molar-refractivity contribution in [3.05, 3.63) is 12.7 Å². The maximum atomic E-state index is 3.71. The van der Waals surface area contributed by atoms with Crippen LogP contribution in [0.1, 0.15) is 6.92 Å². The molecule has 1 aliphatic rings. The zero-order chi connectivity index (χ0) is 7.40. The van der Waals surface area contributed by atoms with Crippen molar-refractivity contribution in [1.82, 2.24) is 9.80 Å². The van der Waals surface area contributed by atoms with Crippen molar-refractivity contribution >= 4 is 0 Å². The molecule has 0 unspecified atom stereocenters. The summed E-state index contributed by atoms with van der Waals surface area (Å²) in [5.74, 6) is 0. The van der Waals surface area contributed by atoms with Crippen molar-refractivity contribution in [2.75, 3.05) is 32.8 Å². The molecule has 1 saturated heterocycles. The molecule has 0 aromatic heterocycles. The van der Waals surface area contributed by atoms with E-state index in [9.17, 15) is 0 Å². The van der Waals surface area contributed by atoms with E-state index in [2.05, 4.69) is 23.3 Å². The predicted molar refractivity (Wildman–Crippen MR) is 43.9 cm³/mol. The predicted octanol–water partition coefficient (Wildman–Crippen LogP) is 0.767. The van der Waals surface area contributed by atoms with Crippen LogP contribution in [-0.4, -0.2) is 42.6 Å². The molecular weight excluding hydrogens is 124 g/mol. The number of hydrogen-bond acceptors (Lipinski definition) is 2. The SMILES string of the molecule is C=CCN1CCN(CC)C1. The molecule has 0 amide bonds. The van der Waals surface area contributed by atoms with Crippen molar-refractivity contribution in [1.29, 1.82) is 0 Å². The first kappa shape index (κ1) is 7.76. The number of nitrogens with zero attached hydrogens (tertiary/aromatic N) is 2. The second-order valence-electron chi connectivity index (χ2n) is 2.72. The van der Waals surface area contributed by atoms with Gasteiger partial charge in [-0.05, 0) is 6.54 Å². The summed E-state index contributed by atoms with van der Waals surface area (Å²) in [5, 5.41) is 0. The summed E-state index contributed by atoms with van der Waals surface area (Å²) in [6.45, 7) is 11.7. The van der Waals surface area contributed by atoms with Crippen LogP contribution in [-0.2, 0) is 0 Å². The van der Waals surface area contributed by atoms with Gasteiger partial charge in [0, 0.05) is 19.6 Å². The molecule has 1 heterocycles. The van der Waals surface area contributed by atoms with Crippen LogP contribution in [0.2, 0.25) is 0 Å². The Morgan fingerprint density at radius 3 is 2.60 bits per heavy atom. The van der Waals surface area contributed by atoms with Gasteiger partial charge < -0.3 is 0 Å². The Bertz CT molecular complexity index is 112. The van der Waals surface area contributed by atoms with E-state index in [1.54, 1.807) is 0 Å². The molecule has 10 heavy (non-hydrogen) atoms. The van der Waals surface area contributed by atoms with Gasteiger partial charge in [0.15, 0.2) is 0 Å². The highest BCUT2D eigenvalue weighted by molar-refractivity contribution is 4.77. The van der Waals surface area contributed by atoms with Gasteiger partial charge in [0.2, 0.25) is 0 Å². The monoisotopic (exact) mass is 140 g/mol. The number of hydrogen-bond donors (Lipinski definition) is 0. The highest BCUT2D eigenvalue weighted by Gasteiger charge is 2.15. The Balaban J connectivity index is 2.21. The van der Waals surface area contributed by atoms with Crippen LogP contribution in [0.3, 0.4) is 0 Å². The molecule has 0 aromatic rings. The normalized spacial score (nSPS) is 21.7. The maximum absolute atomic E-state index is 3.71. The third-order valence-electron chi connectivity index (χ3n) is 1.97. The van der Waals surface area contributed by atoms with Crippen LogP contribution in [0, 0.1) is 0 Å². The smallest absolute Gasteiger partial charge is 0.0510 e. The summed E-state index contributed by atoms with van der Waals surface area (Å²) >= 11 is 0. The lowest BCUT2D eigenvalue weighted by Crippen LogP contribution is -2.25. The van der Waals surface area contributed by atoms with E-state index in [-0.39, 0.29) is 0 Å². The third-order valence-corrected chi connectivity index (χ3v) is 1.97. The van der Waals surface area contributed by atoms with Gasteiger partial charge in [0.05, 0.1) is 6.67 Å². The van der Waals surface area contributed by atoms with Crippen molar-refractivity contribution in [3.63, 3.8) is 0 Å². The minimum atomic E-state index is 1.04. The van der Waals surface area contributed by atoms with Crippen molar-refractivity contribution in [3.8, 4) is 0 Å². The van der Waals surface area contributed by atoms with E-state index in [4.69, 9.17) is 0 Å². The molecule has 2 heteroatoms. The second-order valence-corrected chi connectivity index (χ2v) is 2.72. The topological polar surface area (TPSA) is 6.48 Å². The molecule has 0 atom stereocenters. The molecule has 0 aliphatic carbocycles. The number of rotatable bonds is 3. The van der Waals surface area contributed by atoms with Gasteiger partial charge >= 0.3 is 0 Å². The molecule has 58 valence electrons. The highest BCUT2D eigenvalue weighted by Crippen LogP contribution is 2.02. The fourth-order valence-electron chi connectivity index (χ4n) is 1.30. The van der Waals surface area contributed by atoms with Gasteiger partial charge in [-0.3, -0.25) is 9.80 Å². The average Bonchev–Trinajstić information content (AvgIpc) is 2.37. The van der Waals surface area contributed by atoms with Crippen LogP contribution in [0.5, 0.6) is 0 Å². The summed E-state index contributed by atoms with van der Waals surface area (Å²) in [7, 11) is 0. The average molecular weight is 140 g/mol. The van der Waals surface area contributed by atoms with E-state index < -0.39 is 0 Å². The van der Waals surface area contributed by atoms with Gasteiger partial charge in [-0.2, -0.15) is 0 Å². The van der Waals surface area contributed by atoms with E-state index in [1.807, 2.05) is 6.08 Å². The van der Waals surface area contributed by atoms with E-state index in [1.165, 1.54) is 19.6 Å². The van der Waals surface area contributed by atoms with Crippen molar-refractivity contribution in [2.45, 2.75) is 6.92 Å². The maximum Gasteiger partial charge on any atom is 0.0510 e. The molecule has 0 saturated carbocycles. The third kappa shape index (κ3) is 1.82. The lowest BCUT2D eigenvalue weighted by molar-refractivity contribution is 0.270. The summed E-state index contributed by atoms with van der Waals surface area (Å²) in [5.41, 5.74) is 0.